The summed E-state index contributed by atoms with van der Waals surface area (Å²) in [6.45, 7) is 3.56. The van der Waals surface area contributed by atoms with Gasteiger partial charge in [0.15, 0.2) is 0 Å². The largest absolute Gasteiger partial charge is 0.338 e. The van der Waals surface area contributed by atoms with E-state index in [1.165, 1.54) is 0 Å². The van der Waals surface area contributed by atoms with E-state index in [1.807, 2.05) is 11.0 Å². The number of benzene rings is 1. The third kappa shape index (κ3) is 4.23. The van der Waals surface area contributed by atoms with Gasteiger partial charge in [-0.3, -0.25) is 4.79 Å². The van der Waals surface area contributed by atoms with Gasteiger partial charge in [-0.2, -0.15) is 0 Å². The SMILES string of the molecule is CN1CCCN(C(=O)/C=C/c2ccc(Cl)c(Cl)c2)CC1. The number of hydrogen-bond donors (Lipinski definition) is 0. The Morgan fingerprint density at radius 3 is 2.70 bits per heavy atom. The molecule has 1 heterocycles. The van der Waals surface area contributed by atoms with E-state index < -0.39 is 0 Å². The smallest absolute Gasteiger partial charge is 0.246 e. The van der Waals surface area contributed by atoms with E-state index in [1.54, 1.807) is 24.3 Å². The summed E-state index contributed by atoms with van der Waals surface area (Å²) < 4.78 is 0. The van der Waals surface area contributed by atoms with Gasteiger partial charge >= 0.3 is 0 Å². The average Bonchev–Trinajstić information content (AvgIpc) is 2.64. The predicted molar refractivity (Wildman–Crippen MR) is 84.2 cm³/mol. The normalized spacial score (nSPS) is 17.4. The van der Waals surface area contributed by atoms with Gasteiger partial charge in [-0.25, -0.2) is 0 Å². The van der Waals surface area contributed by atoms with E-state index in [-0.39, 0.29) is 5.91 Å². The fraction of sp³-hybridized carbons (Fsp3) is 0.400. The molecule has 3 nitrogen and oxygen atoms in total. The molecule has 0 bridgehead atoms. The van der Waals surface area contributed by atoms with Gasteiger partial charge in [0.25, 0.3) is 0 Å². The van der Waals surface area contributed by atoms with Gasteiger partial charge in [-0.05, 0) is 43.8 Å². The fourth-order valence-corrected chi connectivity index (χ4v) is 2.46. The Bertz CT molecular complexity index is 517. The third-order valence-corrected chi connectivity index (χ3v) is 4.13. The number of rotatable bonds is 2. The first kappa shape index (κ1) is 15.4. The zero-order valence-corrected chi connectivity index (χ0v) is 13.0. The summed E-state index contributed by atoms with van der Waals surface area (Å²) in [5, 5.41) is 1.02. The van der Waals surface area contributed by atoms with E-state index >= 15 is 0 Å². The molecule has 1 aromatic carbocycles. The van der Waals surface area contributed by atoms with Gasteiger partial charge < -0.3 is 9.80 Å². The van der Waals surface area contributed by atoms with E-state index in [2.05, 4.69) is 11.9 Å². The first-order chi connectivity index (χ1) is 9.56. The molecule has 0 N–H and O–H groups in total. The molecule has 0 spiro atoms. The van der Waals surface area contributed by atoms with Crippen molar-refractivity contribution in [3.05, 3.63) is 39.9 Å². The molecule has 1 fully saturated rings. The van der Waals surface area contributed by atoms with Crippen molar-refractivity contribution >= 4 is 35.2 Å². The molecule has 1 aromatic rings. The monoisotopic (exact) mass is 312 g/mol. The number of hydrogen-bond acceptors (Lipinski definition) is 2. The number of nitrogens with zero attached hydrogens (tertiary/aromatic N) is 2. The molecule has 1 aliphatic heterocycles. The van der Waals surface area contributed by atoms with Crippen molar-refractivity contribution in [1.29, 1.82) is 0 Å². The van der Waals surface area contributed by atoms with Crippen LogP contribution in [-0.4, -0.2) is 48.9 Å². The lowest BCUT2D eigenvalue weighted by Gasteiger charge is -2.18. The molecule has 0 unspecified atom stereocenters. The Morgan fingerprint density at radius 1 is 1.15 bits per heavy atom. The fourth-order valence-electron chi connectivity index (χ4n) is 2.16. The molecule has 0 radical (unpaired) electrons. The van der Waals surface area contributed by atoms with Crippen LogP contribution in [0.4, 0.5) is 0 Å². The second-order valence-corrected chi connectivity index (χ2v) is 5.80. The highest BCUT2D eigenvalue weighted by atomic mass is 35.5. The van der Waals surface area contributed by atoms with Crippen molar-refractivity contribution in [3.8, 4) is 0 Å². The second-order valence-electron chi connectivity index (χ2n) is 4.99. The maximum absolute atomic E-state index is 12.1. The quantitative estimate of drug-likeness (QED) is 0.783. The molecular formula is C15H18Cl2N2O. The van der Waals surface area contributed by atoms with Crippen molar-refractivity contribution in [2.24, 2.45) is 0 Å². The number of halogens is 2. The van der Waals surface area contributed by atoms with Crippen LogP contribution < -0.4 is 0 Å². The average molecular weight is 313 g/mol. The van der Waals surface area contributed by atoms with Crippen molar-refractivity contribution in [2.75, 3.05) is 33.2 Å². The summed E-state index contributed by atoms with van der Waals surface area (Å²) in [4.78, 5) is 16.3. The molecule has 0 saturated carbocycles. The number of likely N-dealkylation sites (N-methyl/N-ethyl adjacent to an activating group) is 1. The maximum Gasteiger partial charge on any atom is 0.246 e. The number of carbonyl (C=O) groups excluding carboxylic acids is 1. The maximum atomic E-state index is 12.1. The Hall–Kier alpha value is -1.03. The summed E-state index contributed by atoms with van der Waals surface area (Å²) in [5.41, 5.74) is 0.875. The van der Waals surface area contributed by atoms with Crippen LogP contribution in [0.1, 0.15) is 12.0 Å². The zero-order valence-electron chi connectivity index (χ0n) is 11.5. The van der Waals surface area contributed by atoms with Crippen molar-refractivity contribution in [1.82, 2.24) is 9.80 Å². The van der Waals surface area contributed by atoms with Gasteiger partial charge in [0, 0.05) is 25.7 Å². The molecule has 2 rings (SSSR count). The molecule has 1 saturated heterocycles. The van der Waals surface area contributed by atoms with Crippen molar-refractivity contribution in [3.63, 3.8) is 0 Å². The van der Waals surface area contributed by atoms with E-state index in [0.29, 0.717) is 10.0 Å². The summed E-state index contributed by atoms with van der Waals surface area (Å²) >= 11 is 11.8. The highest BCUT2D eigenvalue weighted by Crippen LogP contribution is 2.23. The summed E-state index contributed by atoms with van der Waals surface area (Å²) in [7, 11) is 2.08. The minimum atomic E-state index is 0.0476. The van der Waals surface area contributed by atoms with E-state index in [9.17, 15) is 4.79 Å². The van der Waals surface area contributed by atoms with Crippen LogP contribution in [0.5, 0.6) is 0 Å². The molecular weight excluding hydrogens is 295 g/mol. The molecule has 0 atom stereocenters. The standard InChI is InChI=1S/C15H18Cl2N2O/c1-18-7-2-8-19(10-9-18)15(20)6-4-12-3-5-13(16)14(17)11-12/h3-6,11H,2,7-10H2,1H3/b6-4+. The van der Waals surface area contributed by atoms with Crippen LogP contribution in [0.2, 0.25) is 10.0 Å². The molecule has 0 aromatic heterocycles. The van der Waals surface area contributed by atoms with E-state index in [4.69, 9.17) is 23.2 Å². The minimum absolute atomic E-state index is 0.0476. The lowest BCUT2D eigenvalue weighted by molar-refractivity contribution is -0.125. The molecule has 108 valence electrons. The van der Waals surface area contributed by atoms with Crippen LogP contribution in [0, 0.1) is 0 Å². The summed E-state index contributed by atoms with van der Waals surface area (Å²) in [6, 6.07) is 5.33. The molecule has 5 heteroatoms. The molecule has 20 heavy (non-hydrogen) atoms. The van der Waals surface area contributed by atoms with Gasteiger partial charge in [0.1, 0.15) is 0 Å². The molecule has 1 aliphatic rings. The van der Waals surface area contributed by atoms with Crippen LogP contribution in [0.3, 0.4) is 0 Å². The number of carbonyl (C=O) groups is 1. The molecule has 0 aliphatic carbocycles. The van der Waals surface area contributed by atoms with Crippen molar-refractivity contribution < 1.29 is 4.79 Å². The van der Waals surface area contributed by atoms with Gasteiger partial charge in [0.05, 0.1) is 10.0 Å². The van der Waals surface area contributed by atoms with Gasteiger partial charge in [-0.1, -0.05) is 29.3 Å². The number of amides is 1. The highest BCUT2D eigenvalue weighted by Gasteiger charge is 2.15. The minimum Gasteiger partial charge on any atom is -0.338 e. The highest BCUT2D eigenvalue weighted by molar-refractivity contribution is 6.42. The summed E-state index contributed by atoms with van der Waals surface area (Å²) in [5.74, 6) is 0.0476. The lowest BCUT2D eigenvalue weighted by Crippen LogP contribution is -2.33. The van der Waals surface area contributed by atoms with Gasteiger partial charge in [0.2, 0.25) is 5.91 Å². The Balaban J connectivity index is 1.99. The van der Waals surface area contributed by atoms with Crippen molar-refractivity contribution in [2.45, 2.75) is 6.42 Å². The Kier molecular flexibility index (Phi) is 5.46. The summed E-state index contributed by atoms with van der Waals surface area (Å²) in [6.07, 6.45) is 4.40. The van der Waals surface area contributed by atoms with Crippen LogP contribution in [0.25, 0.3) is 6.08 Å². The van der Waals surface area contributed by atoms with Crippen LogP contribution >= 0.6 is 23.2 Å². The lowest BCUT2D eigenvalue weighted by atomic mass is 10.2. The second kappa shape index (κ2) is 7.11. The Labute approximate surface area is 129 Å². The van der Waals surface area contributed by atoms with Crippen LogP contribution in [-0.2, 0) is 4.79 Å². The van der Waals surface area contributed by atoms with E-state index in [0.717, 1.165) is 38.2 Å². The third-order valence-electron chi connectivity index (χ3n) is 3.39. The predicted octanol–water partition coefficient (Wildman–Crippen LogP) is 3.17. The first-order valence-corrected chi connectivity index (χ1v) is 7.42. The van der Waals surface area contributed by atoms with Crippen LogP contribution in [0.15, 0.2) is 24.3 Å². The molecule has 1 amide bonds. The Morgan fingerprint density at radius 2 is 1.95 bits per heavy atom. The zero-order chi connectivity index (χ0) is 14.5. The first-order valence-electron chi connectivity index (χ1n) is 6.67. The van der Waals surface area contributed by atoms with Gasteiger partial charge in [-0.15, -0.1) is 0 Å². The topological polar surface area (TPSA) is 23.6 Å².